The molecule has 2 aliphatic rings. The molecule has 5 heteroatoms. The molecule has 128 valence electrons. The molecule has 0 aromatic carbocycles. The zero-order valence-electron chi connectivity index (χ0n) is 14.0. The molecule has 5 nitrogen and oxygen atoms in total. The highest BCUT2D eigenvalue weighted by Gasteiger charge is 2.26. The summed E-state index contributed by atoms with van der Waals surface area (Å²) >= 11 is 0. The van der Waals surface area contributed by atoms with Crippen molar-refractivity contribution in [2.45, 2.75) is 44.6 Å². The molecule has 0 spiro atoms. The van der Waals surface area contributed by atoms with Crippen LogP contribution in [0.1, 0.15) is 50.3 Å². The van der Waals surface area contributed by atoms with E-state index in [2.05, 4.69) is 15.1 Å². The molecule has 0 saturated carbocycles. The number of amides is 1. The molecule has 1 aromatic heterocycles. The Labute approximate surface area is 139 Å². The van der Waals surface area contributed by atoms with Gasteiger partial charge in [0.25, 0.3) is 0 Å². The molecule has 0 radical (unpaired) electrons. The second-order valence-electron chi connectivity index (χ2n) is 6.77. The maximum Gasteiger partial charge on any atom is 0.234 e. The van der Waals surface area contributed by atoms with Gasteiger partial charge in [0.05, 0.1) is 18.8 Å². The van der Waals surface area contributed by atoms with E-state index in [4.69, 9.17) is 4.42 Å². The van der Waals surface area contributed by atoms with E-state index in [1.807, 2.05) is 12.1 Å². The monoisotopic (exact) mass is 319 g/mol. The summed E-state index contributed by atoms with van der Waals surface area (Å²) in [5.74, 6) is 1.10. The van der Waals surface area contributed by atoms with Gasteiger partial charge in [-0.1, -0.05) is 12.8 Å². The van der Waals surface area contributed by atoms with E-state index < -0.39 is 0 Å². The number of hydrogen-bond donors (Lipinski definition) is 1. The van der Waals surface area contributed by atoms with E-state index in [1.165, 1.54) is 38.5 Å². The van der Waals surface area contributed by atoms with E-state index in [9.17, 15) is 4.79 Å². The third-order valence-electron chi connectivity index (χ3n) is 5.01. The lowest BCUT2D eigenvalue weighted by Gasteiger charge is -2.26. The van der Waals surface area contributed by atoms with E-state index in [0.29, 0.717) is 13.1 Å². The van der Waals surface area contributed by atoms with Crippen molar-refractivity contribution < 1.29 is 9.21 Å². The molecule has 0 bridgehead atoms. The average Bonchev–Trinajstić information content (AvgIpc) is 3.20. The van der Waals surface area contributed by atoms with Crippen molar-refractivity contribution in [3.8, 4) is 0 Å². The Morgan fingerprint density at radius 2 is 1.78 bits per heavy atom. The Morgan fingerprint density at radius 1 is 1.09 bits per heavy atom. The first kappa shape index (κ1) is 16.5. The maximum atomic E-state index is 12.3. The second-order valence-corrected chi connectivity index (χ2v) is 6.77. The third kappa shape index (κ3) is 4.82. The summed E-state index contributed by atoms with van der Waals surface area (Å²) in [5.41, 5.74) is 0. The van der Waals surface area contributed by atoms with Crippen LogP contribution in [-0.4, -0.2) is 55.0 Å². The number of nitrogens with zero attached hydrogens (tertiary/aromatic N) is 2. The molecule has 1 aromatic rings. The van der Waals surface area contributed by atoms with Crippen molar-refractivity contribution >= 4 is 5.91 Å². The standard InChI is InChI=1S/C18H29N3O2/c22-18(15-20-9-3-1-2-4-10-20)19-14-16(17-8-7-13-23-17)21-11-5-6-12-21/h7-8,13,16H,1-6,9-12,14-15H2,(H,19,22). The molecule has 1 unspecified atom stereocenters. The lowest BCUT2D eigenvalue weighted by Crippen LogP contribution is -2.41. The summed E-state index contributed by atoms with van der Waals surface area (Å²) in [6.45, 7) is 5.47. The van der Waals surface area contributed by atoms with Crippen LogP contribution >= 0.6 is 0 Å². The van der Waals surface area contributed by atoms with Crippen molar-refractivity contribution in [2.75, 3.05) is 39.3 Å². The van der Waals surface area contributed by atoms with Crippen LogP contribution in [0.3, 0.4) is 0 Å². The van der Waals surface area contributed by atoms with Crippen LogP contribution in [-0.2, 0) is 4.79 Å². The fourth-order valence-corrected chi connectivity index (χ4v) is 3.71. The fraction of sp³-hybridized carbons (Fsp3) is 0.722. The van der Waals surface area contributed by atoms with Gasteiger partial charge in [-0.3, -0.25) is 14.6 Å². The largest absolute Gasteiger partial charge is 0.468 e. The lowest BCUT2D eigenvalue weighted by atomic mass is 10.2. The van der Waals surface area contributed by atoms with Crippen LogP contribution in [0.4, 0.5) is 0 Å². The highest BCUT2D eigenvalue weighted by Crippen LogP contribution is 2.24. The highest BCUT2D eigenvalue weighted by molar-refractivity contribution is 5.78. The molecule has 1 atom stereocenters. The van der Waals surface area contributed by atoms with E-state index in [0.717, 1.165) is 31.9 Å². The van der Waals surface area contributed by atoms with Crippen LogP contribution in [0.2, 0.25) is 0 Å². The van der Waals surface area contributed by atoms with E-state index in [-0.39, 0.29) is 11.9 Å². The molecule has 3 rings (SSSR count). The molecule has 0 aliphatic carbocycles. The predicted octanol–water partition coefficient (Wildman–Crippen LogP) is 2.41. The zero-order chi connectivity index (χ0) is 15.9. The Balaban J connectivity index is 1.50. The van der Waals surface area contributed by atoms with Gasteiger partial charge in [0, 0.05) is 6.54 Å². The summed E-state index contributed by atoms with van der Waals surface area (Å²) in [5, 5.41) is 3.13. The molecule has 1 N–H and O–H groups in total. The Kier molecular flexibility index (Phi) is 6.11. The molecule has 2 saturated heterocycles. The van der Waals surface area contributed by atoms with Gasteiger partial charge < -0.3 is 9.73 Å². The molecular weight excluding hydrogens is 290 g/mol. The molecule has 2 fully saturated rings. The third-order valence-corrected chi connectivity index (χ3v) is 5.01. The number of carbonyl (C=O) groups excluding carboxylic acids is 1. The minimum Gasteiger partial charge on any atom is -0.468 e. The fourth-order valence-electron chi connectivity index (χ4n) is 3.71. The maximum absolute atomic E-state index is 12.3. The molecule has 2 aliphatic heterocycles. The number of likely N-dealkylation sites (tertiary alicyclic amines) is 2. The average molecular weight is 319 g/mol. The summed E-state index contributed by atoms with van der Waals surface area (Å²) in [4.78, 5) is 17.0. The van der Waals surface area contributed by atoms with Crippen LogP contribution in [0, 0.1) is 0 Å². The summed E-state index contributed by atoms with van der Waals surface area (Å²) in [6, 6.07) is 4.11. The predicted molar refractivity (Wildman–Crippen MR) is 90.2 cm³/mol. The summed E-state index contributed by atoms with van der Waals surface area (Å²) in [6.07, 6.45) is 9.22. The van der Waals surface area contributed by atoms with Gasteiger partial charge in [0.15, 0.2) is 0 Å². The van der Waals surface area contributed by atoms with Crippen molar-refractivity contribution in [1.29, 1.82) is 0 Å². The van der Waals surface area contributed by atoms with Crippen LogP contribution in [0.25, 0.3) is 0 Å². The second kappa shape index (κ2) is 8.50. The van der Waals surface area contributed by atoms with Gasteiger partial charge in [-0.2, -0.15) is 0 Å². The number of furan rings is 1. The number of hydrogen-bond acceptors (Lipinski definition) is 4. The summed E-state index contributed by atoms with van der Waals surface area (Å²) < 4.78 is 5.60. The highest BCUT2D eigenvalue weighted by atomic mass is 16.3. The van der Waals surface area contributed by atoms with Crippen LogP contribution in [0.5, 0.6) is 0 Å². The van der Waals surface area contributed by atoms with Gasteiger partial charge in [-0.05, 0) is 64.0 Å². The van der Waals surface area contributed by atoms with Crippen molar-refractivity contribution in [2.24, 2.45) is 0 Å². The first-order chi connectivity index (χ1) is 11.3. The van der Waals surface area contributed by atoms with Crippen LogP contribution in [0.15, 0.2) is 22.8 Å². The zero-order valence-corrected chi connectivity index (χ0v) is 14.0. The van der Waals surface area contributed by atoms with Gasteiger partial charge in [-0.25, -0.2) is 0 Å². The molecule has 1 amide bonds. The molecular formula is C18H29N3O2. The quantitative estimate of drug-likeness (QED) is 0.875. The SMILES string of the molecule is O=C(CN1CCCCCC1)NCC(c1ccco1)N1CCCC1. The Morgan fingerprint density at radius 3 is 2.43 bits per heavy atom. The topological polar surface area (TPSA) is 48.7 Å². The lowest BCUT2D eigenvalue weighted by molar-refractivity contribution is -0.122. The van der Waals surface area contributed by atoms with Crippen molar-refractivity contribution in [3.63, 3.8) is 0 Å². The number of carbonyl (C=O) groups is 1. The number of nitrogens with one attached hydrogen (secondary N) is 1. The number of rotatable bonds is 6. The smallest absolute Gasteiger partial charge is 0.234 e. The van der Waals surface area contributed by atoms with Crippen molar-refractivity contribution in [3.05, 3.63) is 24.2 Å². The molecule has 3 heterocycles. The normalized spacial score (nSPS) is 21.9. The Hall–Kier alpha value is -1.33. The first-order valence-electron chi connectivity index (χ1n) is 9.09. The minimum atomic E-state index is 0.141. The van der Waals surface area contributed by atoms with Gasteiger partial charge in [0.2, 0.25) is 5.91 Å². The van der Waals surface area contributed by atoms with Gasteiger partial charge in [0.1, 0.15) is 5.76 Å². The molecule has 23 heavy (non-hydrogen) atoms. The van der Waals surface area contributed by atoms with Gasteiger partial charge in [-0.15, -0.1) is 0 Å². The van der Waals surface area contributed by atoms with Crippen LogP contribution < -0.4 is 5.32 Å². The van der Waals surface area contributed by atoms with Gasteiger partial charge >= 0.3 is 0 Å². The first-order valence-corrected chi connectivity index (χ1v) is 9.09. The minimum absolute atomic E-state index is 0.141. The summed E-state index contributed by atoms with van der Waals surface area (Å²) in [7, 11) is 0. The van der Waals surface area contributed by atoms with E-state index >= 15 is 0 Å². The van der Waals surface area contributed by atoms with E-state index in [1.54, 1.807) is 6.26 Å². The Bertz CT molecular complexity index is 461. The van der Waals surface area contributed by atoms with Crippen molar-refractivity contribution in [1.82, 2.24) is 15.1 Å².